The number of carbonyl (C=O) groups is 2. The standard InChI is InChI=1S/C18H22N8O2.C18H21N5O2.2C4H9.C3H10N3Si.O.Sn/c1-24(14-7-9-25(10-8-14)17-20-22-23-21-17)18(27)26-11-16(19-12-26)13-3-5-15(28-2)6-4-13;1-21(15-7-9-22(12-19)10-8-15)18(24)23-11-17(20-13-23)14-3-5-16(25-2)6-4-14;2*1-3-4-2;1-7(2,3)6-5-4;;/h3-6,11-12,14H,7-10H2,1-2H3,(H,20,21,22,23);3-6,11,13,15H,7-10H2,1-2H3;2*1,3-4H2,2H3;1-3H3,(H-,4,6);;/q;;;;-1;;. The number of tetrazole rings is 1. The van der Waals surface area contributed by atoms with Crippen LogP contribution in [0.25, 0.3) is 28.0 Å². The van der Waals surface area contributed by atoms with Crippen LogP contribution in [0.5, 0.6) is 11.5 Å². The summed E-state index contributed by atoms with van der Waals surface area (Å²) in [5, 5.41) is 28.4. The van der Waals surface area contributed by atoms with Crippen LogP contribution in [-0.4, -0.2) is 161 Å². The first-order valence-corrected chi connectivity index (χ1v) is 32.5. The number of imidazole rings is 2. The zero-order valence-corrected chi connectivity index (χ0v) is 46.1. The number of hydrogen-bond acceptors (Lipinski definition) is 14. The number of methoxy groups -OCH3 is 2. The Morgan fingerprint density at radius 1 is 0.814 bits per heavy atom. The van der Waals surface area contributed by atoms with E-state index in [2.05, 4.69) is 65.8 Å². The number of nitriles is 1. The Bertz CT molecular complexity index is 2360. The Hall–Kier alpha value is -6.22. The van der Waals surface area contributed by atoms with Crippen molar-refractivity contribution < 1.29 is 22.1 Å². The van der Waals surface area contributed by atoms with Crippen LogP contribution < -0.4 is 19.5 Å². The molecule has 23 heteroatoms. The number of aromatic nitrogens is 8. The summed E-state index contributed by atoms with van der Waals surface area (Å²) in [6.07, 6.45) is 16.9. The number of carbonyl (C=O) groups excluding carboxylic acids is 2. The molecule has 2 amide bonds. The van der Waals surface area contributed by atoms with Crippen molar-refractivity contribution in [3.05, 3.63) is 79.1 Å². The van der Waals surface area contributed by atoms with Crippen molar-refractivity contribution in [2.24, 2.45) is 5.22 Å². The van der Waals surface area contributed by atoms with E-state index in [0.29, 0.717) is 19.0 Å². The topological polar surface area (TPSA) is 243 Å². The van der Waals surface area contributed by atoms with Crippen LogP contribution in [0.15, 0.2) is 78.8 Å². The molecule has 2 aliphatic heterocycles. The number of piperidine rings is 2. The number of H-pyrrole nitrogens is 1. The van der Waals surface area contributed by atoms with E-state index in [4.69, 9.17) is 20.3 Å². The van der Waals surface area contributed by atoms with Gasteiger partial charge in [-0.3, -0.25) is 14.4 Å². The van der Waals surface area contributed by atoms with E-state index in [1.807, 2.05) is 82.3 Å². The van der Waals surface area contributed by atoms with E-state index in [1.54, 1.807) is 54.0 Å². The summed E-state index contributed by atoms with van der Waals surface area (Å²) in [5.41, 5.74) is 11.3. The number of unbranched alkanes of at least 4 members (excludes halogenated alkanes) is 2. The zero-order chi connectivity index (χ0) is 51.1. The molecule has 0 bridgehead atoms. The molecule has 0 unspecified atom stereocenters. The minimum absolute atomic E-state index is 0.0923. The van der Waals surface area contributed by atoms with Gasteiger partial charge in [0.05, 0.1) is 33.8 Å². The Balaban J connectivity index is 0.000000231. The molecule has 2 fully saturated rings. The number of hydrogen-bond donors (Lipinski definition) is 2. The molecular weight excluding hydrogens is 1020 g/mol. The van der Waals surface area contributed by atoms with Gasteiger partial charge in [-0.2, -0.15) is 10.5 Å². The second-order valence-electron chi connectivity index (χ2n) is 18.0. The Labute approximate surface area is 420 Å². The van der Waals surface area contributed by atoms with E-state index in [9.17, 15) is 12.7 Å². The van der Waals surface area contributed by atoms with Crippen molar-refractivity contribution in [3.63, 3.8) is 0 Å². The van der Waals surface area contributed by atoms with Crippen LogP contribution in [0.3, 0.4) is 0 Å². The number of aromatic amines is 1. The fourth-order valence-electron chi connectivity index (χ4n) is 7.47. The van der Waals surface area contributed by atoms with E-state index >= 15 is 0 Å². The average Bonchev–Trinajstić information content (AvgIpc) is 4.21. The van der Waals surface area contributed by atoms with Gasteiger partial charge in [0.25, 0.3) is 5.95 Å². The average molecular weight is 1090 g/mol. The maximum Gasteiger partial charge on any atom is 0.329 e. The van der Waals surface area contributed by atoms with Gasteiger partial charge in [-0.25, -0.2) is 19.6 Å². The van der Waals surface area contributed by atoms with Crippen LogP contribution in [0.1, 0.15) is 65.2 Å². The summed E-state index contributed by atoms with van der Waals surface area (Å²) in [4.78, 5) is 41.6. The molecule has 2 N–H and O–H groups in total. The van der Waals surface area contributed by atoms with Crippen molar-refractivity contribution in [1.82, 2.24) is 59.5 Å². The molecular formula is C47H71N16O5SiSn-. The zero-order valence-electron chi connectivity index (χ0n) is 42.3. The van der Waals surface area contributed by atoms with Gasteiger partial charge in [0.15, 0.2) is 6.19 Å². The normalized spacial score (nSPS) is 13.7. The van der Waals surface area contributed by atoms with Crippen LogP contribution >= 0.6 is 0 Å². The first-order valence-electron chi connectivity index (χ1n) is 23.8. The van der Waals surface area contributed by atoms with Crippen molar-refractivity contribution in [1.29, 1.82) is 5.26 Å². The summed E-state index contributed by atoms with van der Waals surface area (Å²) < 4.78 is 26.8. The summed E-state index contributed by atoms with van der Waals surface area (Å²) in [7, 11) is 5.58. The number of amides is 2. The minimum Gasteiger partial charge on any atom is -0.497 e. The van der Waals surface area contributed by atoms with E-state index in [1.165, 1.54) is 34.8 Å². The number of benzene rings is 2. The number of nitrogens with zero attached hydrogens (tertiary/aromatic N) is 14. The molecule has 5 heterocycles. The molecule has 2 aliphatic rings. The molecule has 2 saturated heterocycles. The van der Waals surface area contributed by atoms with E-state index in [0.717, 1.165) is 81.7 Å². The predicted octanol–water partition coefficient (Wildman–Crippen LogP) is 8.40. The molecule has 0 atom stereocenters. The molecule has 21 nitrogen and oxygen atoms in total. The number of rotatable bonds is 15. The van der Waals surface area contributed by atoms with Crippen molar-refractivity contribution in [3.8, 4) is 40.2 Å². The molecule has 3 aromatic heterocycles. The second-order valence-corrected chi connectivity index (χ2v) is 28.7. The fourth-order valence-corrected chi connectivity index (χ4v) is 12.8. The number of ether oxygens (including phenoxy) is 2. The third-order valence-electron chi connectivity index (χ3n) is 11.8. The van der Waals surface area contributed by atoms with Crippen LogP contribution in [-0.2, 0) is 3.08 Å². The SMILES string of the molecule is CCC[CH2][Sn](=[O])[CH2]CCC.COc1ccc(-c2cn(C(=O)N(C)C3CCN(C#N)CC3)cn2)cc1.COc1ccc(-c2cn(C(=O)N(C)C3CCN(c4nn[nH]n4)CC3)cn2)cc1.C[Si](C)(C)NN=[N-]. The van der Waals surface area contributed by atoms with E-state index < -0.39 is 28.0 Å². The first-order chi connectivity index (χ1) is 33.6. The van der Waals surface area contributed by atoms with Crippen LogP contribution in [0.4, 0.5) is 15.5 Å². The van der Waals surface area contributed by atoms with Gasteiger partial charge in [-0.1, -0.05) is 24.7 Å². The Morgan fingerprint density at radius 2 is 1.26 bits per heavy atom. The maximum absolute atomic E-state index is 12.9. The molecule has 7 rings (SSSR count). The molecule has 0 aliphatic carbocycles. The second kappa shape index (κ2) is 29.1. The number of likely N-dealkylation sites (tertiary alicyclic amines) is 1. The summed E-state index contributed by atoms with van der Waals surface area (Å²) >= 11 is -1.99. The molecule has 0 spiro atoms. The maximum atomic E-state index is 12.9. The summed E-state index contributed by atoms with van der Waals surface area (Å²) in [6, 6.07) is 15.3. The smallest absolute Gasteiger partial charge is 0.329 e. The van der Waals surface area contributed by atoms with Crippen LogP contribution in [0, 0.1) is 11.5 Å². The molecule has 378 valence electrons. The number of anilines is 1. The van der Waals surface area contributed by atoms with Crippen molar-refractivity contribution in [2.75, 3.05) is 59.4 Å². The Morgan fingerprint density at radius 3 is 1.60 bits per heavy atom. The van der Waals surface area contributed by atoms with Gasteiger partial charge in [-0.15, -0.1) is 5.10 Å². The van der Waals surface area contributed by atoms with Gasteiger partial charge in [0.2, 0.25) is 0 Å². The minimum atomic E-state index is -1.99. The third kappa shape index (κ3) is 17.9. The van der Waals surface area contributed by atoms with Gasteiger partial charge in [0.1, 0.15) is 24.2 Å². The van der Waals surface area contributed by atoms with Crippen LogP contribution in [0.2, 0.25) is 28.5 Å². The van der Waals surface area contributed by atoms with Gasteiger partial charge in [-0.05, 0) is 79.4 Å². The Kier molecular flexibility index (Phi) is 23.4. The van der Waals surface area contributed by atoms with Gasteiger partial charge in [0, 0.05) is 75.9 Å². The van der Waals surface area contributed by atoms with Crippen molar-refractivity contribution in [2.45, 2.75) is 106 Å². The molecule has 0 saturated carbocycles. The molecule has 0 radical (unpaired) electrons. The largest absolute Gasteiger partial charge is 0.497 e. The third-order valence-corrected chi connectivity index (χ3v) is 17.7. The van der Waals surface area contributed by atoms with Gasteiger partial charge >= 0.3 is 83.3 Å². The molecule has 5 aromatic rings. The molecule has 70 heavy (non-hydrogen) atoms. The summed E-state index contributed by atoms with van der Waals surface area (Å²) in [5.74, 6) is 2.17. The van der Waals surface area contributed by atoms with Gasteiger partial charge < -0.3 is 39.7 Å². The molecule has 2 aromatic carbocycles. The number of nitrogens with one attached hydrogen (secondary N) is 2. The predicted molar refractivity (Wildman–Crippen MR) is 273 cm³/mol. The monoisotopic (exact) mass is 1090 g/mol. The van der Waals surface area contributed by atoms with E-state index in [-0.39, 0.29) is 24.1 Å². The summed E-state index contributed by atoms with van der Waals surface area (Å²) in [6.45, 7) is 13.4. The quantitative estimate of drug-likeness (QED) is 0.0433. The fraction of sp³-hybridized carbons (Fsp3) is 0.532. The van der Waals surface area contributed by atoms with Crippen molar-refractivity contribution >= 4 is 46.0 Å². The first kappa shape index (κ1) is 56.4.